The highest BCUT2D eigenvalue weighted by molar-refractivity contribution is 9.10. The Labute approximate surface area is 126 Å². The van der Waals surface area contributed by atoms with Crippen molar-refractivity contribution in [3.05, 3.63) is 33.3 Å². The summed E-state index contributed by atoms with van der Waals surface area (Å²) in [6.45, 7) is 0. The fourth-order valence-electron chi connectivity index (χ4n) is 2.55. The number of aliphatic hydroxyl groups is 1. The normalized spacial score (nSPS) is 23.2. The third kappa shape index (κ3) is 3.30. The average molecular weight is 347 g/mol. The molecule has 0 bridgehead atoms. The summed E-state index contributed by atoms with van der Waals surface area (Å²) in [5.74, 6) is -0.136. The van der Waals surface area contributed by atoms with E-state index in [9.17, 15) is 9.90 Å². The lowest BCUT2D eigenvalue weighted by Gasteiger charge is -2.35. The molecule has 0 radical (unpaired) electrons. The molecule has 1 aromatic rings. The van der Waals surface area contributed by atoms with Crippen molar-refractivity contribution in [2.45, 2.75) is 37.8 Å². The highest BCUT2D eigenvalue weighted by atomic mass is 79.9. The SMILES string of the molecule is CN(C(=O)c1ccc(Br)cc1Cl)C1CCCCC1O. The van der Waals surface area contributed by atoms with E-state index < -0.39 is 6.10 Å². The standard InChI is InChI=1S/C14H17BrClNO2/c1-17(12-4-2-3-5-13(12)18)14(19)10-7-6-9(15)8-11(10)16/h6-8,12-13,18H,2-5H2,1H3. The van der Waals surface area contributed by atoms with Crippen LogP contribution in [0.15, 0.2) is 22.7 Å². The molecule has 0 spiro atoms. The molecule has 1 aliphatic rings. The molecule has 1 fully saturated rings. The van der Waals surface area contributed by atoms with Crippen LogP contribution in [0.2, 0.25) is 5.02 Å². The predicted molar refractivity (Wildman–Crippen MR) is 79.5 cm³/mol. The van der Waals surface area contributed by atoms with Crippen molar-refractivity contribution in [2.75, 3.05) is 7.05 Å². The van der Waals surface area contributed by atoms with E-state index >= 15 is 0 Å². The first-order chi connectivity index (χ1) is 9.00. The van der Waals surface area contributed by atoms with Crippen LogP contribution in [0.5, 0.6) is 0 Å². The first-order valence-electron chi connectivity index (χ1n) is 6.41. The second-order valence-corrected chi connectivity index (χ2v) is 6.28. The van der Waals surface area contributed by atoms with Crippen LogP contribution in [-0.4, -0.2) is 35.1 Å². The highest BCUT2D eigenvalue weighted by Crippen LogP contribution is 2.26. The second kappa shape index (κ2) is 6.25. The molecule has 0 saturated heterocycles. The molecule has 0 aromatic heterocycles. The summed E-state index contributed by atoms with van der Waals surface area (Å²) < 4.78 is 0.842. The Morgan fingerprint density at radius 3 is 2.74 bits per heavy atom. The molecule has 2 rings (SSSR count). The van der Waals surface area contributed by atoms with Crippen molar-refractivity contribution >= 4 is 33.4 Å². The number of amides is 1. The van der Waals surface area contributed by atoms with Crippen LogP contribution in [0.3, 0.4) is 0 Å². The van der Waals surface area contributed by atoms with Crippen LogP contribution >= 0.6 is 27.5 Å². The van der Waals surface area contributed by atoms with Gasteiger partial charge in [0.1, 0.15) is 0 Å². The highest BCUT2D eigenvalue weighted by Gasteiger charge is 2.30. The molecule has 19 heavy (non-hydrogen) atoms. The fourth-order valence-corrected chi connectivity index (χ4v) is 3.30. The predicted octanol–water partition coefficient (Wildman–Crippen LogP) is 3.48. The Morgan fingerprint density at radius 2 is 2.11 bits per heavy atom. The third-order valence-electron chi connectivity index (χ3n) is 3.67. The minimum Gasteiger partial charge on any atom is -0.391 e. The zero-order valence-electron chi connectivity index (χ0n) is 10.8. The molecule has 2 unspecified atom stereocenters. The number of carbonyl (C=O) groups excluding carboxylic acids is 1. The first-order valence-corrected chi connectivity index (χ1v) is 7.58. The van der Waals surface area contributed by atoms with Crippen molar-refractivity contribution < 1.29 is 9.90 Å². The molecule has 5 heteroatoms. The molecule has 0 heterocycles. The van der Waals surface area contributed by atoms with Gasteiger partial charge in [0.25, 0.3) is 5.91 Å². The lowest BCUT2D eigenvalue weighted by atomic mass is 9.91. The van der Waals surface area contributed by atoms with Crippen LogP contribution in [0.1, 0.15) is 36.0 Å². The van der Waals surface area contributed by atoms with Crippen LogP contribution in [0.25, 0.3) is 0 Å². The van der Waals surface area contributed by atoms with Gasteiger partial charge in [-0.1, -0.05) is 40.4 Å². The molecule has 0 aliphatic heterocycles. The van der Waals surface area contributed by atoms with Gasteiger partial charge >= 0.3 is 0 Å². The van der Waals surface area contributed by atoms with E-state index in [1.165, 1.54) is 0 Å². The summed E-state index contributed by atoms with van der Waals surface area (Å²) in [6, 6.07) is 5.10. The zero-order valence-corrected chi connectivity index (χ0v) is 13.1. The van der Waals surface area contributed by atoms with E-state index in [1.54, 1.807) is 30.1 Å². The van der Waals surface area contributed by atoms with Gasteiger partial charge in [0.05, 0.1) is 22.7 Å². The van der Waals surface area contributed by atoms with Crippen molar-refractivity contribution in [1.29, 1.82) is 0 Å². The van der Waals surface area contributed by atoms with Crippen LogP contribution < -0.4 is 0 Å². The van der Waals surface area contributed by atoms with Crippen molar-refractivity contribution in [3.8, 4) is 0 Å². The number of rotatable bonds is 2. The van der Waals surface area contributed by atoms with E-state index in [2.05, 4.69) is 15.9 Å². The zero-order chi connectivity index (χ0) is 14.0. The molecular weight excluding hydrogens is 330 g/mol. The Morgan fingerprint density at radius 1 is 1.42 bits per heavy atom. The summed E-state index contributed by atoms with van der Waals surface area (Å²) in [4.78, 5) is 14.1. The topological polar surface area (TPSA) is 40.5 Å². The first kappa shape index (κ1) is 14.8. The van der Waals surface area contributed by atoms with Gasteiger partial charge in [-0.3, -0.25) is 4.79 Å². The Kier molecular flexibility index (Phi) is 4.87. The minimum atomic E-state index is -0.433. The van der Waals surface area contributed by atoms with Crippen LogP contribution in [0, 0.1) is 0 Å². The molecule has 1 N–H and O–H groups in total. The van der Waals surface area contributed by atoms with Crippen LogP contribution in [-0.2, 0) is 0 Å². The van der Waals surface area contributed by atoms with Gasteiger partial charge in [-0.15, -0.1) is 0 Å². The molecule has 1 amide bonds. The van der Waals surface area contributed by atoms with Gasteiger partial charge in [0.2, 0.25) is 0 Å². The van der Waals surface area contributed by atoms with Gasteiger partial charge in [0, 0.05) is 11.5 Å². The second-order valence-electron chi connectivity index (χ2n) is 4.96. The van der Waals surface area contributed by atoms with Gasteiger partial charge in [-0.05, 0) is 31.0 Å². The number of halogens is 2. The summed E-state index contributed by atoms with van der Waals surface area (Å²) >= 11 is 9.42. The number of nitrogens with zero attached hydrogens (tertiary/aromatic N) is 1. The van der Waals surface area contributed by atoms with E-state index in [1.807, 2.05) is 0 Å². The van der Waals surface area contributed by atoms with E-state index in [0.29, 0.717) is 10.6 Å². The maximum atomic E-state index is 12.4. The number of hydrogen-bond acceptors (Lipinski definition) is 2. The lowest BCUT2D eigenvalue weighted by Crippen LogP contribution is -2.46. The molecule has 1 aromatic carbocycles. The smallest absolute Gasteiger partial charge is 0.255 e. The molecular formula is C14H17BrClNO2. The molecule has 1 aliphatic carbocycles. The summed E-state index contributed by atoms with van der Waals surface area (Å²) in [5.41, 5.74) is 0.477. The van der Waals surface area contributed by atoms with E-state index in [4.69, 9.17) is 11.6 Å². The Hall–Kier alpha value is -0.580. The maximum absolute atomic E-state index is 12.4. The van der Waals surface area contributed by atoms with E-state index in [0.717, 1.165) is 30.2 Å². The van der Waals surface area contributed by atoms with Gasteiger partial charge in [0.15, 0.2) is 0 Å². The van der Waals surface area contributed by atoms with E-state index in [-0.39, 0.29) is 11.9 Å². The third-order valence-corrected chi connectivity index (χ3v) is 4.48. The van der Waals surface area contributed by atoms with Crippen molar-refractivity contribution in [3.63, 3.8) is 0 Å². The van der Waals surface area contributed by atoms with Gasteiger partial charge < -0.3 is 10.0 Å². The lowest BCUT2D eigenvalue weighted by molar-refractivity contribution is 0.0268. The van der Waals surface area contributed by atoms with Crippen LogP contribution in [0.4, 0.5) is 0 Å². The Balaban J connectivity index is 2.18. The number of benzene rings is 1. The molecule has 104 valence electrons. The average Bonchev–Trinajstić information content (AvgIpc) is 2.38. The maximum Gasteiger partial charge on any atom is 0.255 e. The number of carbonyl (C=O) groups is 1. The molecule has 3 nitrogen and oxygen atoms in total. The Bertz CT molecular complexity index is 481. The monoisotopic (exact) mass is 345 g/mol. The minimum absolute atomic E-state index is 0.110. The largest absolute Gasteiger partial charge is 0.391 e. The summed E-state index contributed by atoms with van der Waals surface area (Å²) in [7, 11) is 1.74. The van der Waals surface area contributed by atoms with Gasteiger partial charge in [-0.25, -0.2) is 0 Å². The van der Waals surface area contributed by atoms with Gasteiger partial charge in [-0.2, -0.15) is 0 Å². The van der Waals surface area contributed by atoms with Crippen molar-refractivity contribution in [2.24, 2.45) is 0 Å². The summed E-state index contributed by atoms with van der Waals surface area (Å²) in [6.07, 6.45) is 3.25. The number of aliphatic hydroxyl groups excluding tert-OH is 1. The fraction of sp³-hybridized carbons (Fsp3) is 0.500. The number of likely N-dealkylation sites (N-methyl/N-ethyl adjacent to an activating group) is 1. The summed E-state index contributed by atoms with van der Waals surface area (Å²) in [5, 5.41) is 10.4. The van der Waals surface area contributed by atoms with Crippen molar-refractivity contribution in [1.82, 2.24) is 4.90 Å². The molecule has 2 atom stereocenters. The quantitative estimate of drug-likeness (QED) is 0.890. The number of hydrogen-bond donors (Lipinski definition) is 1. The molecule has 1 saturated carbocycles.